The first-order valence-corrected chi connectivity index (χ1v) is 5.47. The Morgan fingerprint density at radius 2 is 2.19 bits per heavy atom. The van der Waals surface area contributed by atoms with Crippen molar-refractivity contribution in [1.29, 1.82) is 0 Å². The number of nitrogens with zero attached hydrogens (tertiary/aromatic N) is 3. The largest absolute Gasteiger partial charge is 0.365 e. The van der Waals surface area contributed by atoms with Gasteiger partial charge in [0.25, 0.3) is 0 Å². The predicted octanol–water partition coefficient (Wildman–Crippen LogP) is 1.47. The highest BCUT2D eigenvalue weighted by atomic mass is 16.7. The molecule has 0 aliphatic heterocycles. The summed E-state index contributed by atoms with van der Waals surface area (Å²) in [6.07, 6.45) is 2.55. The second-order valence-corrected chi connectivity index (χ2v) is 3.90. The van der Waals surface area contributed by atoms with E-state index in [1.54, 1.807) is 11.4 Å². The quantitative estimate of drug-likeness (QED) is 0.741. The Morgan fingerprint density at radius 1 is 1.44 bits per heavy atom. The standard InChI is InChI=1S/C11H20N4O/c1-5-10(7-16-15(3)4)14-11-6-9(2)12-8-13-11/h6,8,10H,5,7H2,1-4H3,(H,12,13,14)/t10-/m0/s1. The molecule has 1 aromatic heterocycles. The van der Waals surface area contributed by atoms with Gasteiger partial charge in [0.1, 0.15) is 12.1 Å². The topological polar surface area (TPSA) is 50.3 Å². The molecule has 5 nitrogen and oxygen atoms in total. The first kappa shape index (κ1) is 12.9. The van der Waals surface area contributed by atoms with Gasteiger partial charge in [-0.25, -0.2) is 9.97 Å². The lowest BCUT2D eigenvalue weighted by molar-refractivity contribution is -0.122. The molecule has 0 unspecified atom stereocenters. The zero-order valence-electron chi connectivity index (χ0n) is 10.4. The highest BCUT2D eigenvalue weighted by Gasteiger charge is 2.08. The minimum Gasteiger partial charge on any atom is -0.365 e. The maximum Gasteiger partial charge on any atom is 0.129 e. The predicted molar refractivity (Wildman–Crippen MR) is 64.1 cm³/mol. The number of anilines is 1. The average molecular weight is 224 g/mol. The van der Waals surface area contributed by atoms with Gasteiger partial charge < -0.3 is 5.32 Å². The zero-order chi connectivity index (χ0) is 12.0. The van der Waals surface area contributed by atoms with Gasteiger partial charge in [0.2, 0.25) is 0 Å². The van der Waals surface area contributed by atoms with E-state index in [2.05, 4.69) is 22.2 Å². The fourth-order valence-corrected chi connectivity index (χ4v) is 1.24. The van der Waals surface area contributed by atoms with Gasteiger partial charge in [-0.2, -0.15) is 5.06 Å². The van der Waals surface area contributed by atoms with Crippen molar-refractivity contribution in [3.63, 3.8) is 0 Å². The van der Waals surface area contributed by atoms with E-state index in [-0.39, 0.29) is 6.04 Å². The number of hydrogen-bond donors (Lipinski definition) is 1. The molecule has 0 aliphatic rings. The molecule has 1 N–H and O–H groups in total. The van der Waals surface area contributed by atoms with Gasteiger partial charge in [-0.05, 0) is 13.3 Å². The van der Waals surface area contributed by atoms with E-state index in [1.165, 1.54) is 0 Å². The van der Waals surface area contributed by atoms with E-state index in [4.69, 9.17) is 4.84 Å². The van der Waals surface area contributed by atoms with Crippen molar-refractivity contribution in [3.8, 4) is 0 Å². The molecule has 90 valence electrons. The van der Waals surface area contributed by atoms with E-state index < -0.39 is 0 Å². The van der Waals surface area contributed by atoms with Crippen LogP contribution < -0.4 is 5.32 Å². The van der Waals surface area contributed by atoms with Crippen molar-refractivity contribution in [3.05, 3.63) is 18.1 Å². The summed E-state index contributed by atoms with van der Waals surface area (Å²) in [5, 5.41) is 5.03. The molecule has 1 atom stereocenters. The van der Waals surface area contributed by atoms with Crippen LogP contribution in [0.15, 0.2) is 12.4 Å². The lowest BCUT2D eigenvalue weighted by atomic mass is 10.2. The van der Waals surface area contributed by atoms with Crippen LogP contribution in [0.5, 0.6) is 0 Å². The van der Waals surface area contributed by atoms with Gasteiger partial charge in [-0.1, -0.05) is 6.92 Å². The lowest BCUT2D eigenvalue weighted by Crippen LogP contribution is -2.28. The summed E-state index contributed by atoms with van der Waals surface area (Å²) in [6, 6.07) is 2.19. The van der Waals surface area contributed by atoms with E-state index in [0.717, 1.165) is 17.9 Å². The average Bonchev–Trinajstić information content (AvgIpc) is 2.24. The third-order valence-electron chi connectivity index (χ3n) is 2.18. The van der Waals surface area contributed by atoms with Crippen molar-refractivity contribution in [2.45, 2.75) is 26.3 Å². The van der Waals surface area contributed by atoms with Crippen molar-refractivity contribution in [1.82, 2.24) is 15.0 Å². The molecule has 0 aliphatic carbocycles. The van der Waals surface area contributed by atoms with Crippen LogP contribution in [0.4, 0.5) is 5.82 Å². The summed E-state index contributed by atoms with van der Waals surface area (Å²) in [7, 11) is 3.75. The molecule has 0 aromatic carbocycles. The fourth-order valence-electron chi connectivity index (χ4n) is 1.24. The molecule has 0 bridgehead atoms. The molecule has 1 rings (SSSR count). The SMILES string of the molecule is CC[C@@H](CON(C)C)Nc1cc(C)ncn1. The van der Waals surface area contributed by atoms with Crippen LogP contribution in [0, 0.1) is 6.92 Å². The van der Waals surface area contributed by atoms with Crippen LogP contribution in [0.3, 0.4) is 0 Å². The van der Waals surface area contributed by atoms with E-state index >= 15 is 0 Å². The molecule has 0 fully saturated rings. The number of nitrogens with one attached hydrogen (secondary N) is 1. The Kier molecular flexibility index (Phi) is 5.14. The Hall–Kier alpha value is -1.20. The maximum absolute atomic E-state index is 5.42. The normalized spacial score (nSPS) is 12.8. The van der Waals surface area contributed by atoms with Gasteiger partial charge in [-0.3, -0.25) is 4.84 Å². The molecule has 0 saturated heterocycles. The second-order valence-electron chi connectivity index (χ2n) is 3.90. The Bertz CT molecular complexity index is 317. The van der Waals surface area contributed by atoms with E-state index in [9.17, 15) is 0 Å². The second kappa shape index (κ2) is 6.40. The molecule has 0 amide bonds. The van der Waals surface area contributed by atoms with Crippen molar-refractivity contribution < 1.29 is 4.84 Å². The molecule has 1 aromatic rings. The third kappa shape index (κ3) is 4.55. The Labute approximate surface area is 96.8 Å². The maximum atomic E-state index is 5.42. The molecule has 1 heterocycles. The van der Waals surface area contributed by atoms with Crippen molar-refractivity contribution in [2.24, 2.45) is 0 Å². The minimum absolute atomic E-state index is 0.261. The number of hydroxylamine groups is 2. The summed E-state index contributed by atoms with van der Waals surface area (Å²) in [6.45, 7) is 4.70. The molecule has 5 heteroatoms. The van der Waals surface area contributed by atoms with Gasteiger partial charge in [0, 0.05) is 25.9 Å². The first-order chi connectivity index (χ1) is 7.61. The lowest BCUT2D eigenvalue weighted by Gasteiger charge is -2.19. The summed E-state index contributed by atoms with van der Waals surface area (Å²) in [5.41, 5.74) is 0.959. The molecule has 0 radical (unpaired) electrons. The van der Waals surface area contributed by atoms with Crippen LogP contribution in [0.25, 0.3) is 0 Å². The fraction of sp³-hybridized carbons (Fsp3) is 0.636. The molecule has 0 saturated carbocycles. The monoisotopic (exact) mass is 224 g/mol. The van der Waals surface area contributed by atoms with Gasteiger partial charge in [0.05, 0.1) is 12.6 Å². The Morgan fingerprint density at radius 3 is 2.75 bits per heavy atom. The van der Waals surface area contributed by atoms with Crippen molar-refractivity contribution >= 4 is 5.82 Å². The summed E-state index contributed by atoms with van der Waals surface area (Å²) >= 11 is 0. The number of aromatic nitrogens is 2. The van der Waals surface area contributed by atoms with Crippen LogP contribution in [-0.2, 0) is 4.84 Å². The number of rotatable bonds is 6. The summed E-state index contributed by atoms with van der Waals surface area (Å²) in [4.78, 5) is 13.6. The Balaban J connectivity index is 2.49. The molecular formula is C11H20N4O. The van der Waals surface area contributed by atoms with Crippen LogP contribution in [-0.4, -0.2) is 41.8 Å². The highest BCUT2D eigenvalue weighted by molar-refractivity contribution is 5.35. The third-order valence-corrected chi connectivity index (χ3v) is 2.18. The smallest absolute Gasteiger partial charge is 0.129 e. The van der Waals surface area contributed by atoms with Gasteiger partial charge >= 0.3 is 0 Å². The summed E-state index contributed by atoms with van der Waals surface area (Å²) in [5.74, 6) is 0.849. The van der Waals surface area contributed by atoms with Gasteiger partial charge in [0.15, 0.2) is 0 Å². The number of aryl methyl sites for hydroxylation is 1. The molecule has 16 heavy (non-hydrogen) atoms. The van der Waals surface area contributed by atoms with E-state index in [0.29, 0.717) is 6.61 Å². The van der Waals surface area contributed by atoms with Crippen molar-refractivity contribution in [2.75, 3.05) is 26.0 Å². The molecule has 0 spiro atoms. The minimum atomic E-state index is 0.261. The van der Waals surface area contributed by atoms with Crippen LogP contribution in [0.2, 0.25) is 0 Å². The first-order valence-electron chi connectivity index (χ1n) is 5.47. The van der Waals surface area contributed by atoms with Crippen LogP contribution >= 0.6 is 0 Å². The van der Waals surface area contributed by atoms with Crippen LogP contribution in [0.1, 0.15) is 19.0 Å². The highest BCUT2D eigenvalue weighted by Crippen LogP contribution is 2.07. The zero-order valence-corrected chi connectivity index (χ0v) is 10.4. The number of hydrogen-bond acceptors (Lipinski definition) is 5. The van der Waals surface area contributed by atoms with Gasteiger partial charge in [-0.15, -0.1) is 0 Å². The summed E-state index contributed by atoms with van der Waals surface area (Å²) < 4.78 is 0. The van der Waals surface area contributed by atoms with E-state index in [1.807, 2.05) is 27.1 Å². The molecular weight excluding hydrogens is 204 g/mol.